The quantitative estimate of drug-likeness (QED) is 0.510. The summed E-state index contributed by atoms with van der Waals surface area (Å²) in [5, 5.41) is 0.769. The highest BCUT2D eigenvalue weighted by Gasteiger charge is 2.51. The molecule has 0 unspecified atom stereocenters. The molecule has 1 rings (SSSR count). The Hall–Kier alpha value is -0.710. The fourth-order valence-corrected chi connectivity index (χ4v) is 6.59. The zero-order chi connectivity index (χ0) is 15.8. The van der Waals surface area contributed by atoms with Gasteiger partial charge in [0.2, 0.25) is 5.91 Å². The van der Waals surface area contributed by atoms with E-state index in [1.165, 1.54) is 6.92 Å². The fourth-order valence-electron chi connectivity index (χ4n) is 2.29. The second kappa shape index (κ2) is 5.58. The molecule has 0 aromatic rings. The molecule has 0 aromatic carbocycles. The van der Waals surface area contributed by atoms with Crippen LogP contribution in [0.4, 0.5) is 0 Å². The molecular formula is C10H20N2O6S2. The van der Waals surface area contributed by atoms with Crippen molar-refractivity contribution in [3.8, 4) is 0 Å². The van der Waals surface area contributed by atoms with Crippen molar-refractivity contribution in [1.82, 2.24) is 5.32 Å². The summed E-state index contributed by atoms with van der Waals surface area (Å²) in [6, 6.07) is 0. The zero-order valence-corrected chi connectivity index (χ0v) is 13.3. The SMILES string of the molecule is C[NH+](C)CCC(=O)N[C@@]1(C)CS(=O)(=O)C[C@@H]1S(=O)(=O)[O-]. The Balaban J connectivity index is 2.91. The highest BCUT2D eigenvalue weighted by Crippen LogP contribution is 2.28. The van der Waals surface area contributed by atoms with E-state index in [0.717, 1.165) is 4.90 Å². The van der Waals surface area contributed by atoms with Gasteiger partial charge in [-0.1, -0.05) is 0 Å². The molecule has 0 bridgehead atoms. The second-order valence-electron chi connectivity index (χ2n) is 5.71. The lowest BCUT2D eigenvalue weighted by molar-refractivity contribution is -0.857. The molecule has 10 heteroatoms. The molecule has 0 aliphatic carbocycles. The average molecular weight is 328 g/mol. The van der Waals surface area contributed by atoms with Crippen LogP contribution < -0.4 is 10.2 Å². The predicted molar refractivity (Wildman–Crippen MR) is 71.0 cm³/mol. The molecule has 1 saturated heterocycles. The van der Waals surface area contributed by atoms with Crippen LogP contribution in [0, 0.1) is 0 Å². The Labute approximate surface area is 119 Å². The third-order valence-corrected chi connectivity index (χ3v) is 6.74. The van der Waals surface area contributed by atoms with Crippen LogP contribution in [0.1, 0.15) is 13.3 Å². The van der Waals surface area contributed by atoms with E-state index in [1.54, 1.807) is 0 Å². The van der Waals surface area contributed by atoms with Crippen LogP contribution in [0.25, 0.3) is 0 Å². The summed E-state index contributed by atoms with van der Waals surface area (Å²) in [4.78, 5) is 12.8. The summed E-state index contributed by atoms with van der Waals surface area (Å²) in [6.07, 6.45) is 0.129. The van der Waals surface area contributed by atoms with Gasteiger partial charge in [-0.3, -0.25) is 4.79 Å². The highest BCUT2D eigenvalue weighted by molar-refractivity contribution is 7.94. The Morgan fingerprint density at radius 1 is 1.45 bits per heavy atom. The molecule has 0 radical (unpaired) electrons. The molecule has 0 spiro atoms. The third kappa shape index (κ3) is 4.40. The summed E-state index contributed by atoms with van der Waals surface area (Å²) in [5.74, 6) is -1.74. The number of hydrogen-bond donors (Lipinski definition) is 2. The maximum absolute atomic E-state index is 11.8. The molecule has 1 heterocycles. The van der Waals surface area contributed by atoms with Gasteiger partial charge in [0.05, 0.1) is 49.4 Å². The first kappa shape index (κ1) is 17.3. The second-order valence-corrected chi connectivity index (χ2v) is 9.37. The van der Waals surface area contributed by atoms with Gasteiger partial charge in [-0.15, -0.1) is 0 Å². The summed E-state index contributed by atoms with van der Waals surface area (Å²) in [5.41, 5.74) is -1.56. The van der Waals surface area contributed by atoms with Crippen LogP contribution >= 0.6 is 0 Å². The van der Waals surface area contributed by atoms with E-state index >= 15 is 0 Å². The number of hydrogen-bond acceptors (Lipinski definition) is 6. The summed E-state index contributed by atoms with van der Waals surface area (Å²) >= 11 is 0. The summed E-state index contributed by atoms with van der Waals surface area (Å²) in [7, 11) is -4.78. The lowest BCUT2D eigenvalue weighted by atomic mass is 10.0. The van der Waals surface area contributed by atoms with E-state index in [9.17, 15) is 26.2 Å². The number of rotatable bonds is 5. The van der Waals surface area contributed by atoms with Gasteiger partial charge >= 0.3 is 0 Å². The van der Waals surface area contributed by atoms with Gasteiger partial charge in [0, 0.05) is 0 Å². The van der Waals surface area contributed by atoms with Crippen LogP contribution in [-0.4, -0.2) is 70.2 Å². The number of carbonyl (C=O) groups is 1. The molecule has 118 valence electrons. The minimum atomic E-state index is -4.81. The number of quaternary nitrogens is 1. The molecule has 1 fully saturated rings. The first-order valence-corrected chi connectivity index (χ1v) is 9.40. The largest absolute Gasteiger partial charge is 0.748 e. The number of amides is 1. The van der Waals surface area contributed by atoms with Crippen molar-refractivity contribution in [3.05, 3.63) is 0 Å². The van der Waals surface area contributed by atoms with Crippen LogP contribution in [0.5, 0.6) is 0 Å². The van der Waals surface area contributed by atoms with Crippen LogP contribution in [0.3, 0.4) is 0 Å². The molecule has 1 aliphatic rings. The zero-order valence-electron chi connectivity index (χ0n) is 11.7. The summed E-state index contributed by atoms with van der Waals surface area (Å²) in [6.45, 7) is 1.81. The van der Waals surface area contributed by atoms with Crippen LogP contribution in [-0.2, 0) is 24.7 Å². The molecule has 2 N–H and O–H groups in total. The van der Waals surface area contributed by atoms with Gasteiger partial charge in [0.1, 0.15) is 10.1 Å². The van der Waals surface area contributed by atoms with Crippen molar-refractivity contribution < 1.29 is 31.1 Å². The molecule has 8 nitrogen and oxygen atoms in total. The van der Waals surface area contributed by atoms with E-state index in [-0.39, 0.29) is 6.42 Å². The number of carbonyl (C=O) groups excluding carboxylic acids is 1. The molecule has 1 amide bonds. The number of sulfone groups is 1. The van der Waals surface area contributed by atoms with Crippen molar-refractivity contribution >= 4 is 25.9 Å². The van der Waals surface area contributed by atoms with Crippen molar-refractivity contribution in [2.24, 2.45) is 0 Å². The van der Waals surface area contributed by atoms with Crippen molar-refractivity contribution in [2.75, 3.05) is 32.1 Å². The smallest absolute Gasteiger partial charge is 0.226 e. The molecule has 20 heavy (non-hydrogen) atoms. The Kier molecular flexibility index (Phi) is 4.84. The molecule has 0 saturated carbocycles. The van der Waals surface area contributed by atoms with Crippen LogP contribution in [0.15, 0.2) is 0 Å². The highest BCUT2D eigenvalue weighted by atomic mass is 32.2. The normalized spacial score (nSPS) is 29.6. The standard InChI is InChI=1S/C10H20N2O6S2/c1-10(11-9(13)4-5-12(2)3)7-19(14,15)6-8(10)20(16,17)18/h8H,4-7H2,1-3H3,(H,11,13)(H,16,17,18)/t8-,10-/m0/s1. The van der Waals surface area contributed by atoms with Crippen molar-refractivity contribution in [2.45, 2.75) is 24.1 Å². The van der Waals surface area contributed by atoms with Crippen molar-refractivity contribution in [1.29, 1.82) is 0 Å². The van der Waals surface area contributed by atoms with Gasteiger partial charge < -0.3 is 14.8 Å². The third-order valence-electron chi connectivity index (χ3n) is 3.26. The molecular weight excluding hydrogens is 308 g/mol. The first-order chi connectivity index (χ1) is 8.86. The van der Waals surface area contributed by atoms with E-state index in [2.05, 4.69) is 5.32 Å². The first-order valence-electron chi connectivity index (χ1n) is 6.11. The minimum absolute atomic E-state index is 0.129. The molecule has 0 aromatic heterocycles. The maximum atomic E-state index is 11.8. The average Bonchev–Trinajstić information content (AvgIpc) is 2.45. The van der Waals surface area contributed by atoms with E-state index in [4.69, 9.17) is 0 Å². The van der Waals surface area contributed by atoms with Gasteiger partial charge in [-0.25, -0.2) is 16.8 Å². The minimum Gasteiger partial charge on any atom is -0.748 e. The molecule has 2 atom stereocenters. The van der Waals surface area contributed by atoms with Gasteiger partial charge in [0.15, 0.2) is 9.84 Å². The topological polar surface area (TPSA) is 125 Å². The van der Waals surface area contributed by atoms with Gasteiger partial charge in [-0.05, 0) is 6.92 Å². The van der Waals surface area contributed by atoms with E-state index in [0.29, 0.717) is 6.54 Å². The summed E-state index contributed by atoms with van der Waals surface area (Å²) < 4.78 is 56.8. The monoisotopic (exact) mass is 328 g/mol. The predicted octanol–water partition coefficient (Wildman–Crippen LogP) is -3.26. The lowest BCUT2D eigenvalue weighted by Gasteiger charge is -2.32. The van der Waals surface area contributed by atoms with E-state index in [1.807, 2.05) is 14.1 Å². The Bertz CT molecular complexity index is 583. The maximum Gasteiger partial charge on any atom is 0.226 e. The number of nitrogens with one attached hydrogen (secondary N) is 2. The van der Waals surface area contributed by atoms with Crippen LogP contribution in [0.2, 0.25) is 0 Å². The van der Waals surface area contributed by atoms with Gasteiger partial charge in [0.25, 0.3) is 0 Å². The Morgan fingerprint density at radius 2 is 2.00 bits per heavy atom. The van der Waals surface area contributed by atoms with Gasteiger partial charge in [-0.2, -0.15) is 0 Å². The fraction of sp³-hybridized carbons (Fsp3) is 0.900. The molecule has 1 aliphatic heterocycles. The lowest BCUT2D eigenvalue weighted by Crippen LogP contribution is -3.05. The van der Waals surface area contributed by atoms with E-state index < -0.39 is 48.2 Å². The Morgan fingerprint density at radius 3 is 2.45 bits per heavy atom. The van der Waals surface area contributed by atoms with Crippen molar-refractivity contribution in [3.63, 3.8) is 0 Å².